The molecule has 22 heavy (non-hydrogen) atoms. The number of amides is 1. The number of piperidine rings is 1. The average Bonchev–Trinajstić information content (AvgIpc) is 2.44. The van der Waals surface area contributed by atoms with E-state index in [9.17, 15) is 4.79 Å². The lowest BCUT2D eigenvalue weighted by atomic mass is 9.98. The fraction of sp³-hybridized carbons (Fsp3) is 0.688. The van der Waals surface area contributed by atoms with Crippen molar-refractivity contribution in [2.24, 2.45) is 5.92 Å². The van der Waals surface area contributed by atoms with Crippen LogP contribution in [-0.2, 0) is 4.74 Å². The molecule has 1 atom stereocenters. The third-order valence-electron chi connectivity index (χ3n) is 3.61. The van der Waals surface area contributed by atoms with Crippen LogP contribution in [0.2, 0.25) is 0 Å². The number of nitrogens with zero attached hydrogens (tertiary/aromatic N) is 3. The Hall–Kier alpha value is -1.85. The second-order valence-corrected chi connectivity index (χ2v) is 6.80. The van der Waals surface area contributed by atoms with Gasteiger partial charge in [0.2, 0.25) is 0 Å². The Balaban J connectivity index is 1.86. The highest BCUT2D eigenvalue weighted by Gasteiger charge is 2.23. The van der Waals surface area contributed by atoms with E-state index in [4.69, 9.17) is 4.74 Å². The molecule has 6 nitrogen and oxygen atoms in total. The third-order valence-corrected chi connectivity index (χ3v) is 3.61. The maximum atomic E-state index is 11.7. The Morgan fingerprint density at radius 2 is 2.14 bits per heavy atom. The van der Waals surface area contributed by atoms with Crippen molar-refractivity contribution >= 4 is 11.9 Å². The lowest BCUT2D eigenvalue weighted by Gasteiger charge is -2.34. The summed E-state index contributed by atoms with van der Waals surface area (Å²) in [4.78, 5) is 22.7. The number of rotatable bonds is 3. The smallest absolute Gasteiger partial charge is 0.407 e. The maximum absolute atomic E-state index is 11.7. The predicted molar refractivity (Wildman–Crippen MR) is 85.9 cm³/mol. The van der Waals surface area contributed by atoms with Gasteiger partial charge in [-0.05, 0) is 46.5 Å². The molecule has 0 saturated carbocycles. The van der Waals surface area contributed by atoms with Crippen LogP contribution in [0.25, 0.3) is 0 Å². The fourth-order valence-electron chi connectivity index (χ4n) is 2.68. The van der Waals surface area contributed by atoms with E-state index in [1.165, 1.54) is 0 Å². The molecule has 2 rings (SSSR count). The quantitative estimate of drug-likeness (QED) is 0.929. The number of hydrogen-bond donors (Lipinski definition) is 1. The Morgan fingerprint density at radius 1 is 1.41 bits per heavy atom. The van der Waals surface area contributed by atoms with Crippen LogP contribution >= 0.6 is 0 Å². The largest absolute Gasteiger partial charge is 0.444 e. The number of alkyl carbamates (subject to hydrolysis) is 1. The number of aryl methyl sites for hydroxylation is 1. The SMILES string of the molecule is Cc1nccnc1N1CCCC(CNC(=O)OC(C)(C)C)C1. The Bertz CT molecular complexity index is 513. The molecule has 0 bridgehead atoms. The van der Waals surface area contributed by atoms with Gasteiger partial charge >= 0.3 is 6.09 Å². The molecule has 1 aliphatic heterocycles. The van der Waals surface area contributed by atoms with Crippen LogP contribution in [0.4, 0.5) is 10.6 Å². The number of hydrogen-bond acceptors (Lipinski definition) is 5. The van der Waals surface area contributed by atoms with Gasteiger partial charge in [-0.1, -0.05) is 0 Å². The van der Waals surface area contributed by atoms with E-state index in [0.717, 1.165) is 37.4 Å². The highest BCUT2D eigenvalue weighted by atomic mass is 16.6. The zero-order chi connectivity index (χ0) is 16.2. The predicted octanol–water partition coefficient (Wildman–Crippen LogP) is 2.53. The summed E-state index contributed by atoms with van der Waals surface area (Å²) in [6.07, 6.45) is 5.29. The molecule has 1 amide bonds. The standard InChI is InChI=1S/C16H26N4O2/c1-12-14(18-8-7-17-12)20-9-5-6-13(11-20)10-19-15(21)22-16(2,3)4/h7-8,13H,5-6,9-11H2,1-4H3,(H,19,21). The summed E-state index contributed by atoms with van der Waals surface area (Å²) in [5, 5.41) is 2.87. The minimum atomic E-state index is -0.459. The molecule has 1 aromatic heterocycles. The normalized spacial score (nSPS) is 18.9. The number of nitrogens with one attached hydrogen (secondary N) is 1. The molecular weight excluding hydrogens is 280 g/mol. The highest BCUT2D eigenvalue weighted by molar-refractivity contribution is 5.67. The maximum Gasteiger partial charge on any atom is 0.407 e. The van der Waals surface area contributed by atoms with Gasteiger partial charge in [-0.25, -0.2) is 9.78 Å². The summed E-state index contributed by atoms with van der Waals surface area (Å²) in [7, 11) is 0. The van der Waals surface area contributed by atoms with Gasteiger partial charge in [-0.15, -0.1) is 0 Å². The molecule has 1 aliphatic rings. The molecule has 1 unspecified atom stereocenters. The van der Waals surface area contributed by atoms with Crippen LogP contribution < -0.4 is 10.2 Å². The monoisotopic (exact) mass is 306 g/mol. The minimum Gasteiger partial charge on any atom is -0.444 e. The topological polar surface area (TPSA) is 67.4 Å². The van der Waals surface area contributed by atoms with Crippen LogP contribution in [0.1, 0.15) is 39.3 Å². The van der Waals surface area contributed by atoms with Crippen molar-refractivity contribution in [3.8, 4) is 0 Å². The molecule has 0 aromatic carbocycles. The molecule has 1 saturated heterocycles. The first-order chi connectivity index (χ1) is 10.3. The third kappa shape index (κ3) is 4.86. The molecule has 0 aliphatic carbocycles. The first-order valence-corrected chi connectivity index (χ1v) is 7.84. The number of ether oxygens (including phenoxy) is 1. The van der Waals surface area contributed by atoms with Crippen molar-refractivity contribution in [1.82, 2.24) is 15.3 Å². The van der Waals surface area contributed by atoms with Crippen molar-refractivity contribution in [3.05, 3.63) is 18.1 Å². The van der Waals surface area contributed by atoms with Crippen LogP contribution in [0, 0.1) is 12.8 Å². The lowest BCUT2D eigenvalue weighted by molar-refractivity contribution is 0.0517. The molecule has 122 valence electrons. The molecule has 0 radical (unpaired) electrons. The zero-order valence-electron chi connectivity index (χ0n) is 13.9. The summed E-state index contributed by atoms with van der Waals surface area (Å²) in [5.41, 5.74) is 0.489. The Kier molecular flexibility index (Phi) is 5.21. The van der Waals surface area contributed by atoms with Gasteiger partial charge in [-0.2, -0.15) is 0 Å². The van der Waals surface area contributed by atoms with E-state index < -0.39 is 5.60 Å². The van der Waals surface area contributed by atoms with Crippen molar-refractivity contribution in [2.75, 3.05) is 24.5 Å². The van der Waals surface area contributed by atoms with E-state index in [0.29, 0.717) is 12.5 Å². The second kappa shape index (κ2) is 6.94. The van der Waals surface area contributed by atoms with E-state index in [-0.39, 0.29) is 6.09 Å². The highest BCUT2D eigenvalue weighted by Crippen LogP contribution is 2.22. The van der Waals surface area contributed by atoms with Gasteiger partial charge in [0.25, 0.3) is 0 Å². The first-order valence-electron chi connectivity index (χ1n) is 7.84. The lowest BCUT2D eigenvalue weighted by Crippen LogP contribution is -2.42. The number of carbonyl (C=O) groups excluding carboxylic acids is 1. The molecule has 2 heterocycles. The molecular formula is C16H26N4O2. The van der Waals surface area contributed by atoms with Crippen molar-refractivity contribution in [1.29, 1.82) is 0 Å². The van der Waals surface area contributed by atoms with E-state index in [1.807, 2.05) is 27.7 Å². The summed E-state index contributed by atoms with van der Waals surface area (Å²) in [5.74, 6) is 1.35. The minimum absolute atomic E-state index is 0.347. The van der Waals surface area contributed by atoms with Crippen molar-refractivity contribution in [3.63, 3.8) is 0 Å². The van der Waals surface area contributed by atoms with Crippen LogP contribution in [0.15, 0.2) is 12.4 Å². The van der Waals surface area contributed by atoms with E-state index in [2.05, 4.69) is 20.2 Å². The van der Waals surface area contributed by atoms with Gasteiger partial charge in [0.1, 0.15) is 11.4 Å². The number of carbonyl (C=O) groups is 1. The van der Waals surface area contributed by atoms with Gasteiger partial charge < -0.3 is 15.0 Å². The summed E-state index contributed by atoms with van der Waals surface area (Å²) < 4.78 is 5.27. The van der Waals surface area contributed by atoms with Crippen LogP contribution in [-0.4, -0.2) is 41.3 Å². The molecule has 6 heteroatoms. The summed E-state index contributed by atoms with van der Waals surface area (Å²) >= 11 is 0. The fourth-order valence-corrected chi connectivity index (χ4v) is 2.68. The summed E-state index contributed by atoms with van der Waals surface area (Å²) in [6, 6.07) is 0. The van der Waals surface area contributed by atoms with Crippen molar-refractivity contribution in [2.45, 2.75) is 46.1 Å². The van der Waals surface area contributed by atoms with Gasteiger partial charge in [0.05, 0.1) is 5.69 Å². The van der Waals surface area contributed by atoms with Gasteiger partial charge in [-0.3, -0.25) is 4.98 Å². The zero-order valence-corrected chi connectivity index (χ0v) is 13.9. The van der Waals surface area contributed by atoms with Crippen LogP contribution in [0.5, 0.6) is 0 Å². The summed E-state index contributed by atoms with van der Waals surface area (Å²) in [6.45, 7) is 10.1. The van der Waals surface area contributed by atoms with Gasteiger partial charge in [0, 0.05) is 32.0 Å². The molecule has 1 aromatic rings. The molecule has 0 spiro atoms. The molecule has 1 fully saturated rings. The van der Waals surface area contributed by atoms with Crippen LogP contribution in [0.3, 0.4) is 0 Å². The second-order valence-electron chi connectivity index (χ2n) is 6.80. The Morgan fingerprint density at radius 3 is 2.82 bits per heavy atom. The Labute approximate surface area is 132 Å². The van der Waals surface area contributed by atoms with E-state index in [1.54, 1.807) is 12.4 Å². The number of anilines is 1. The first kappa shape index (κ1) is 16.5. The number of aromatic nitrogens is 2. The van der Waals surface area contributed by atoms with Crippen molar-refractivity contribution < 1.29 is 9.53 Å². The van der Waals surface area contributed by atoms with E-state index >= 15 is 0 Å². The molecule has 1 N–H and O–H groups in total. The van der Waals surface area contributed by atoms with Gasteiger partial charge in [0.15, 0.2) is 0 Å². The average molecular weight is 306 g/mol.